The van der Waals surface area contributed by atoms with Crippen LogP contribution in [0.4, 0.5) is 0 Å². The van der Waals surface area contributed by atoms with Gasteiger partial charge in [0.15, 0.2) is 0 Å². The van der Waals surface area contributed by atoms with E-state index in [1.165, 1.54) is 0 Å². The predicted molar refractivity (Wildman–Crippen MR) is 75.0 cm³/mol. The molecule has 1 aliphatic carbocycles. The second-order valence-electron chi connectivity index (χ2n) is 4.94. The van der Waals surface area contributed by atoms with Gasteiger partial charge < -0.3 is 5.11 Å². The fraction of sp³-hybridized carbons (Fsp3) is 0.118. The molecule has 0 heterocycles. The Labute approximate surface area is 112 Å². The number of fused-ring (bicyclic) bond motifs is 1. The van der Waals surface area contributed by atoms with Crippen LogP contribution in [-0.4, -0.2) is 11.1 Å². The van der Waals surface area contributed by atoms with Gasteiger partial charge in [-0.2, -0.15) is 0 Å². The quantitative estimate of drug-likeness (QED) is 0.886. The third-order valence-corrected chi connectivity index (χ3v) is 3.92. The zero-order valence-corrected chi connectivity index (χ0v) is 10.6. The molecule has 1 atom stereocenters. The van der Waals surface area contributed by atoms with Crippen molar-refractivity contribution in [2.75, 3.05) is 0 Å². The Kier molecular flexibility index (Phi) is 2.53. The number of carbonyl (C=O) groups is 1. The molecule has 1 N–H and O–H groups in total. The van der Waals surface area contributed by atoms with Crippen molar-refractivity contribution in [3.05, 3.63) is 76.9 Å². The Hall–Kier alpha value is -2.35. The Morgan fingerprint density at radius 1 is 1.00 bits per heavy atom. The van der Waals surface area contributed by atoms with E-state index in [2.05, 4.69) is 0 Å². The van der Waals surface area contributed by atoms with E-state index in [0.29, 0.717) is 5.57 Å². The van der Waals surface area contributed by atoms with Crippen LogP contribution in [0.25, 0.3) is 6.08 Å². The van der Waals surface area contributed by atoms with Gasteiger partial charge in [-0.05, 0) is 29.7 Å². The number of hydrogen-bond acceptors (Lipinski definition) is 1. The first-order valence-electron chi connectivity index (χ1n) is 6.24. The van der Waals surface area contributed by atoms with Gasteiger partial charge >= 0.3 is 5.97 Å². The van der Waals surface area contributed by atoms with Gasteiger partial charge in [-0.25, -0.2) is 4.79 Å². The molecule has 2 heteroatoms. The van der Waals surface area contributed by atoms with Crippen LogP contribution in [0.1, 0.15) is 23.6 Å². The maximum absolute atomic E-state index is 11.6. The Balaban J connectivity index is 2.28. The Morgan fingerprint density at radius 2 is 1.63 bits per heavy atom. The molecule has 0 saturated carbocycles. The molecule has 0 radical (unpaired) electrons. The van der Waals surface area contributed by atoms with Crippen molar-refractivity contribution in [2.45, 2.75) is 12.3 Å². The van der Waals surface area contributed by atoms with E-state index >= 15 is 0 Å². The molecule has 0 spiro atoms. The van der Waals surface area contributed by atoms with Crippen LogP contribution in [0, 0.1) is 0 Å². The molecule has 0 aliphatic heterocycles. The molecule has 19 heavy (non-hydrogen) atoms. The maximum Gasteiger partial charge on any atom is 0.332 e. The van der Waals surface area contributed by atoms with Gasteiger partial charge in [0, 0.05) is 0 Å². The molecule has 0 amide bonds. The molecule has 0 unspecified atom stereocenters. The zero-order valence-electron chi connectivity index (χ0n) is 10.6. The van der Waals surface area contributed by atoms with Gasteiger partial charge in [0.1, 0.15) is 0 Å². The van der Waals surface area contributed by atoms with Crippen molar-refractivity contribution < 1.29 is 9.90 Å². The molecule has 2 nitrogen and oxygen atoms in total. The highest BCUT2D eigenvalue weighted by Crippen LogP contribution is 2.46. The molecular formula is C17H14O2. The fourth-order valence-electron chi connectivity index (χ4n) is 2.88. The van der Waals surface area contributed by atoms with E-state index in [0.717, 1.165) is 16.7 Å². The number of hydrogen-bond donors (Lipinski definition) is 1. The van der Waals surface area contributed by atoms with E-state index in [1.807, 2.05) is 61.5 Å². The minimum atomic E-state index is -0.859. The molecule has 2 aromatic rings. The average molecular weight is 250 g/mol. The van der Waals surface area contributed by atoms with Crippen molar-refractivity contribution in [3.63, 3.8) is 0 Å². The summed E-state index contributed by atoms with van der Waals surface area (Å²) >= 11 is 0. The predicted octanol–water partition coefficient (Wildman–Crippen LogP) is 3.47. The van der Waals surface area contributed by atoms with Crippen LogP contribution in [0.15, 0.2) is 60.2 Å². The van der Waals surface area contributed by atoms with Crippen LogP contribution in [-0.2, 0) is 10.2 Å². The maximum atomic E-state index is 11.6. The first kappa shape index (κ1) is 11.7. The monoisotopic (exact) mass is 250 g/mol. The zero-order chi connectivity index (χ0) is 13.5. The highest BCUT2D eigenvalue weighted by molar-refractivity contribution is 5.99. The molecule has 3 rings (SSSR count). The first-order chi connectivity index (χ1) is 9.14. The lowest BCUT2D eigenvalue weighted by Gasteiger charge is -2.28. The molecule has 0 aromatic heterocycles. The van der Waals surface area contributed by atoms with Crippen molar-refractivity contribution in [1.82, 2.24) is 0 Å². The number of aliphatic carboxylic acids is 1. The van der Waals surface area contributed by atoms with Crippen LogP contribution in [0.5, 0.6) is 0 Å². The summed E-state index contributed by atoms with van der Waals surface area (Å²) in [4.78, 5) is 11.6. The summed E-state index contributed by atoms with van der Waals surface area (Å²) in [5.41, 5.74) is 2.90. The van der Waals surface area contributed by atoms with E-state index in [1.54, 1.807) is 6.08 Å². The second-order valence-corrected chi connectivity index (χ2v) is 4.94. The van der Waals surface area contributed by atoms with Crippen molar-refractivity contribution >= 4 is 12.0 Å². The van der Waals surface area contributed by atoms with E-state index in [9.17, 15) is 9.90 Å². The highest BCUT2D eigenvalue weighted by Gasteiger charge is 2.41. The number of rotatable bonds is 2. The SMILES string of the molecule is C[C@]1(c2ccccc2)C(C(=O)O)=Cc2ccccc21. The Morgan fingerprint density at radius 3 is 2.32 bits per heavy atom. The van der Waals surface area contributed by atoms with Crippen LogP contribution in [0.2, 0.25) is 0 Å². The fourth-order valence-corrected chi connectivity index (χ4v) is 2.88. The molecule has 0 saturated heterocycles. The lowest BCUT2D eigenvalue weighted by atomic mass is 9.73. The third-order valence-electron chi connectivity index (χ3n) is 3.92. The summed E-state index contributed by atoms with van der Waals surface area (Å²) in [6, 6.07) is 17.7. The third kappa shape index (κ3) is 1.60. The summed E-state index contributed by atoms with van der Waals surface area (Å²) in [5, 5.41) is 9.51. The molecular weight excluding hydrogens is 236 g/mol. The number of carboxylic acids is 1. The minimum Gasteiger partial charge on any atom is -0.478 e. The van der Waals surface area contributed by atoms with Gasteiger partial charge in [0.25, 0.3) is 0 Å². The summed E-state index contributed by atoms with van der Waals surface area (Å²) in [6.07, 6.45) is 1.78. The van der Waals surface area contributed by atoms with Crippen molar-refractivity contribution in [2.24, 2.45) is 0 Å². The average Bonchev–Trinajstić information content (AvgIpc) is 2.75. The lowest BCUT2D eigenvalue weighted by Crippen LogP contribution is -2.27. The van der Waals surface area contributed by atoms with Crippen molar-refractivity contribution in [3.8, 4) is 0 Å². The number of carboxylic acid groups (broad SMARTS) is 1. The smallest absolute Gasteiger partial charge is 0.332 e. The van der Waals surface area contributed by atoms with E-state index in [4.69, 9.17) is 0 Å². The molecule has 1 aliphatic rings. The summed E-state index contributed by atoms with van der Waals surface area (Å²) in [6.45, 7) is 1.98. The lowest BCUT2D eigenvalue weighted by molar-refractivity contribution is -0.133. The normalized spacial score (nSPS) is 20.8. The van der Waals surface area contributed by atoms with Crippen LogP contribution in [0.3, 0.4) is 0 Å². The standard InChI is InChI=1S/C17H14O2/c1-17(13-8-3-2-4-9-13)14-10-6-5-7-12(14)11-15(17)16(18)19/h2-11H,1H3,(H,18,19)/t17-/m1/s1. The first-order valence-corrected chi connectivity index (χ1v) is 6.24. The summed E-state index contributed by atoms with van der Waals surface area (Å²) < 4.78 is 0. The van der Waals surface area contributed by atoms with Gasteiger partial charge in [-0.1, -0.05) is 54.6 Å². The Bertz CT molecular complexity index is 671. The summed E-state index contributed by atoms with van der Waals surface area (Å²) in [7, 11) is 0. The molecule has 0 bridgehead atoms. The van der Waals surface area contributed by atoms with Crippen molar-refractivity contribution in [1.29, 1.82) is 0 Å². The highest BCUT2D eigenvalue weighted by atomic mass is 16.4. The van der Waals surface area contributed by atoms with Gasteiger partial charge in [-0.15, -0.1) is 0 Å². The topological polar surface area (TPSA) is 37.3 Å². The van der Waals surface area contributed by atoms with Crippen LogP contribution >= 0.6 is 0 Å². The molecule has 2 aromatic carbocycles. The van der Waals surface area contributed by atoms with Crippen LogP contribution < -0.4 is 0 Å². The molecule has 0 fully saturated rings. The minimum absolute atomic E-state index is 0.430. The van der Waals surface area contributed by atoms with Gasteiger partial charge in [0.05, 0.1) is 11.0 Å². The number of benzene rings is 2. The largest absolute Gasteiger partial charge is 0.478 e. The van der Waals surface area contributed by atoms with E-state index < -0.39 is 11.4 Å². The van der Waals surface area contributed by atoms with Gasteiger partial charge in [0.2, 0.25) is 0 Å². The second kappa shape index (κ2) is 4.09. The van der Waals surface area contributed by atoms with E-state index in [-0.39, 0.29) is 0 Å². The van der Waals surface area contributed by atoms with Gasteiger partial charge in [-0.3, -0.25) is 0 Å². The summed E-state index contributed by atoms with van der Waals surface area (Å²) in [5.74, 6) is -0.859. The molecule has 94 valence electrons.